The maximum atomic E-state index is 13.2. The van der Waals surface area contributed by atoms with Gasteiger partial charge in [-0.15, -0.1) is 0 Å². The van der Waals surface area contributed by atoms with Crippen molar-refractivity contribution in [1.82, 2.24) is 4.90 Å². The van der Waals surface area contributed by atoms with E-state index in [0.29, 0.717) is 11.3 Å². The molecule has 0 radical (unpaired) electrons. The first kappa shape index (κ1) is 24.6. The van der Waals surface area contributed by atoms with E-state index < -0.39 is 17.7 Å². The van der Waals surface area contributed by atoms with Crippen LogP contribution in [0, 0.1) is 6.92 Å². The number of aliphatic hydroxyl groups excluding tert-OH is 1. The van der Waals surface area contributed by atoms with Gasteiger partial charge in [0.05, 0.1) is 49.1 Å². The van der Waals surface area contributed by atoms with Gasteiger partial charge in [0.2, 0.25) is 0 Å². The van der Waals surface area contributed by atoms with Gasteiger partial charge in [-0.2, -0.15) is 0 Å². The molecule has 1 saturated heterocycles. The van der Waals surface area contributed by atoms with Crippen molar-refractivity contribution in [2.75, 3.05) is 27.4 Å². The number of ether oxygens (including phenoxy) is 3. The molecule has 1 fully saturated rings. The molecule has 1 amide bonds. The van der Waals surface area contributed by atoms with Gasteiger partial charge in [-0.3, -0.25) is 9.59 Å². The summed E-state index contributed by atoms with van der Waals surface area (Å²) < 4.78 is 16.2. The summed E-state index contributed by atoms with van der Waals surface area (Å²) in [6, 6.07) is 9.67. The van der Waals surface area contributed by atoms with Gasteiger partial charge in [0, 0.05) is 12.6 Å². The Morgan fingerprint density at radius 1 is 1.12 bits per heavy atom. The largest absolute Gasteiger partial charge is 0.507 e. The highest BCUT2D eigenvalue weighted by molar-refractivity contribution is 6.46. The molecule has 0 aromatic heterocycles. The first-order chi connectivity index (χ1) is 15.7. The van der Waals surface area contributed by atoms with Gasteiger partial charge in [-0.25, -0.2) is 0 Å². The maximum Gasteiger partial charge on any atom is 0.295 e. The third-order valence-electron chi connectivity index (χ3n) is 5.41. The number of carbonyl (C=O) groups is 2. The number of halogens is 1. The fourth-order valence-corrected chi connectivity index (χ4v) is 4.12. The van der Waals surface area contributed by atoms with Crippen LogP contribution >= 0.6 is 11.6 Å². The molecule has 7 nitrogen and oxygen atoms in total. The highest BCUT2D eigenvalue weighted by atomic mass is 35.5. The van der Waals surface area contributed by atoms with Gasteiger partial charge < -0.3 is 24.2 Å². The van der Waals surface area contributed by atoms with Crippen LogP contribution in [0.4, 0.5) is 0 Å². The van der Waals surface area contributed by atoms with Crippen LogP contribution in [0.25, 0.3) is 5.76 Å². The fourth-order valence-electron chi connectivity index (χ4n) is 3.87. The van der Waals surface area contributed by atoms with Crippen molar-refractivity contribution in [3.63, 3.8) is 0 Å². The van der Waals surface area contributed by atoms with Crippen molar-refractivity contribution < 1.29 is 28.9 Å². The zero-order chi connectivity index (χ0) is 24.3. The number of hydrogen-bond donors (Lipinski definition) is 1. The summed E-state index contributed by atoms with van der Waals surface area (Å²) in [6.07, 6.45) is -0.0232. The second kappa shape index (κ2) is 10.3. The Hall–Kier alpha value is -3.03. The van der Waals surface area contributed by atoms with Crippen molar-refractivity contribution in [2.45, 2.75) is 32.9 Å². The standard InChI is InChI=1S/C25H28ClNO6/c1-14(2)33-10-9-27-22(16-8-6-7-15(3)11-16)21(24(29)25(27)30)23(28)17-12-18(26)20(32-5)13-19(17)31-4/h6-8,11-14,22,28H,9-10H2,1-5H3/b23-21+. The van der Waals surface area contributed by atoms with Gasteiger partial charge >= 0.3 is 0 Å². The molecule has 1 unspecified atom stereocenters. The van der Waals surface area contributed by atoms with Crippen LogP contribution in [0.2, 0.25) is 5.02 Å². The number of Topliss-reactive ketones (excluding diaryl/α,β-unsaturated/α-hetero) is 1. The zero-order valence-corrected chi connectivity index (χ0v) is 20.1. The van der Waals surface area contributed by atoms with Crippen molar-refractivity contribution in [3.05, 3.63) is 63.7 Å². The number of ketones is 1. The molecule has 3 rings (SSSR count). The van der Waals surface area contributed by atoms with E-state index in [2.05, 4.69) is 0 Å². The molecule has 1 aliphatic heterocycles. The van der Waals surface area contributed by atoms with Gasteiger partial charge in [-0.05, 0) is 32.4 Å². The lowest BCUT2D eigenvalue weighted by molar-refractivity contribution is -0.140. The van der Waals surface area contributed by atoms with Crippen LogP contribution in [-0.4, -0.2) is 55.2 Å². The summed E-state index contributed by atoms with van der Waals surface area (Å²) in [7, 11) is 2.89. The molecule has 1 N–H and O–H groups in total. The van der Waals surface area contributed by atoms with Crippen LogP contribution < -0.4 is 9.47 Å². The number of aliphatic hydroxyl groups is 1. The first-order valence-corrected chi connectivity index (χ1v) is 11.0. The quantitative estimate of drug-likeness (QED) is 0.345. The monoisotopic (exact) mass is 473 g/mol. The third-order valence-corrected chi connectivity index (χ3v) is 5.71. The fraction of sp³-hybridized carbons (Fsp3) is 0.360. The molecule has 1 heterocycles. The molecule has 1 atom stereocenters. The summed E-state index contributed by atoms with van der Waals surface area (Å²) in [6.45, 7) is 6.16. The van der Waals surface area contributed by atoms with Crippen LogP contribution in [0.1, 0.15) is 36.6 Å². The second-order valence-corrected chi connectivity index (χ2v) is 8.42. The smallest absolute Gasteiger partial charge is 0.295 e. The van der Waals surface area contributed by atoms with Gasteiger partial charge in [0.15, 0.2) is 0 Å². The molecule has 0 bridgehead atoms. The second-order valence-electron chi connectivity index (χ2n) is 8.01. The van der Waals surface area contributed by atoms with Crippen molar-refractivity contribution in [2.24, 2.45) is 0 Å². The number of rotatable bonds is 8. The average molecular weight is 474 g/mol. The van der Waals surface area contributed by atoms with Crippen molar-refractivity contribution >= 4 is 29.1 Å². The highest BCUT2D eigenvalue weighted by Crippen LogP contribution is 2.43. The summed E-state index contributed by atoms with van der Waals surface area (Å²) in [5.41, 5.74) is 1.83. The van der Waals surface area contributed by atoms with E-state index >= 15 is 0 Å². The van der Waals surface area contributed by atoms with Crippen molar-refractivity contribution in [3.8, 4) is 11.5 Å². The normalized spacial score (nSPS) is 17.7. The summed E-state index contributed by atoms with van der Waals surface area (Å²) in [4.78, 5) is 27.6. The van der Waals surface area contributed by atoms with E-state index in [9.17, 15) is 14.7 Å². The number of nitrogens with zero attached hydrogens (tertiary/aromatic N) is 1. The average Bonchev–Trinajstić information content (AvgIpc) is 3.03. The summed E-state index contributed by atoms with van der Waals surface area (Å²) >= 11 is 6.28. The molecule has 33 heavy (non-hydrogen) atoms. The summed E-state index contributed by atoms with van der Waals surface area (Å²) in [5.74, 6) is -1.24. The van der Waals surface area contributed by atoms with Crippen LogP contribution in [-0.2, 0) is 14.3 Å². The predicted octanol–water partition coefficient (Wildman–Crippen LogP) is 4.51. The Bertz CT molecular complexity index is 1090. The van der Waals surface area contributed by atoms with Gasteiger partial charge in [0.1, 0.15) is 17.3 Å². The van der Waals surface area contributed by atoms with E-state index in [1.165, 1.54) is 31.3 Å². The maximum absolute atomic E-state index is 13.2. The van der Waals surface area contributed by atoms with Crippen molar-refractivity contribution in [1.29, 1.82) is 0 Å². The van der Waals surface area contributed by atoms with E-state index in [0.717, 1.165) is 5.56 Å². The molecule has 2 aromatic rings. The number of methoxy groups -OCH3 is 2. The first-order valence-electron chi connectivity index (χ1n) is 10.6. The lowest BCUT2D eigenvalue weighted by atomic mass is 9.94. The Kier molecular flexibility index (Phi) is 7.66. The minimum atomic E-state index is -0.786. The number of aryl methyl sites for hydroxylation is 1. The lowest BCUT2D eigenvalue weighted by Gasteiger charge is -2.26. The van der Waals surface area contributed by atoms with E-state index in [1.54, 1.807) is 0 Å². The predicted molar refractivity (Wildman–Crippen MR) is 126 cm³/mol. The Balaban J connectivity index is 2.19. The molecular weight excluding hydrogens is 446 g/mol. The third kappa shape index (κ3) is 4.99. The molecule has 8 heteroatoms. The number of carbonyl (C=O) groups excluding carboxylic acids is 2. The molecular formula is C25H28ClNO6. The molecule has 176 valence electrons. The SMILES string of the molecule is COc1cc(OC)c(/C(O)=C2\C(=O)C(=O)N(CCOC(C)C)C2c2cccc(C)c2)cc1Cl. The number of hydrogen-bond acceptors (Lipinski definition) is 6. The Morgan fingerprint density at radius 2 is 1.82 bits per heavy atom. The number of amides is 1. The van der Waals surface area contributed by atoms with E-state index in [4.69, 9.17) is 25.8 Å². The minimum absolute atomic E-state index is 0.0232. The molecule has 2 aromatic carbocycles. The lowest BCUT2D eigenvalue weighted by Crippen LogP contribution is -2.33. The topological polar surface area (TPSA) is 85.3 Å². The zero-order valence-electron chi connectivity index (χ0n) is 19.3. The summed E-state index contributed by atoms with van der Waals surface area (Å²) in [5, 5.41) is 11.5. The van der Waals surface area contributed by atoms with Gasteiger partial charge in [-0.1, -0.05) is 41.4 Å². The highest BCUT2D eigenvalue weighted by Gasteiger charge is 2.46. The van der Waals surface area contributed by atoms with Crippen LogP contribution in [0.3, 0.4) is 0 Å². The Morgan fingerprint density at radius 3 is 2.42 bits per heavy atom. The minimum Gasteiger partial charge on any atom is -0.507 e. The van der Waals surface area contributed by atoms with Gasteiger partial charge in [0.25, 0.3) is 11.7 Å². The Labute approximate surface area is 198 Å². The number of benzene rings is 2. The van der Waals surface area contributed by atoms with E-state index in [1.807, 2.05) is 45.0 Å². The molecule has 0 spiro atoms. The number of likely N-dealkylation sites (tertiary alicyclic amines) is 1. The molecule has 1 aliphatic rings. The molecule has 0 saturated carbocycles. The van der Waals surface area contributed by atoms with Crippen LogP contribution in [0.15, 0.2) is 42.0 Å². The molecule has 0 aliphatic carbocycles. The van der Waals surface area contributed by atoms with E-state index in [-0.39, 0.29) is 46.9 Å². The van der Waals surface area contributed by atoms with Crippen LogP contribution in [0.5, 0.6) is 11.5 Å².